The van der Waals surface area contributed by atoms with Crippen molar-refractivity contribution < 1.29 is 14.3 Å². The molecule has 0 unspecified atom stereocenters. The van der Waals surface area contributed by atoms with Crippen LogP contribution in [-0.2, 0) is 4.74 Å². The average Bonchev–Trinajstić information content (AvgIpc) is 2.70. The van der Waals surface area contributed by atoms with Crippen molar-refractivity contribution in [2.75, 3.05) is 17.7 Å². The lowest BCUT2D eigenvalue weighted by atomic mass is 10.2. The predicted octanol–water partition coefficient (Wildman–Crippen LogP) is 3.91. The van der Waals surface area contributed by atoms with Gasteiger partial charge in [0.15, 0.2) is 0 Å². The van der Waals surface area contributed by atoms with E-state index in [4.69, 9.17) is 11.6 Å². The van der Waals surface area contributed by atoms with E-state index in [-0.39, 0.29) is 5.56 Å². The molecule has 0 bridgehead atoms. The number of ether oxygens (including phenoxy) is 1. The Balaban J connectivity index is 1.67. The Morgan fingerprint density at radius 1 is 0.963 bits per heavy atom. The van der Waals surface area contributed by atoms with Crippen LogP contribution in [0.15, 0.2) is 60.9 Å². The Hall–Kier alpha value is -3.45. The van der Waals surface area contributed by atoms with E-state index >= 15 is 0 Å². The SMILES string of the molecule is COC(=O)c1cccc(NC(=O)c2cnc(Nc3ccc(Cl)cc3)nc2)c1. The highest BCUT2D eigenvalue weighted by atomic mass is 35.5. The van der Waals surface area contributed by atoms with Crippen molar-refractivity contribution in [1.29, 1.82) is 0 Å². The summed E-state index contributed by atoms with van der Waals surface area (Å²) < 4.78 is 4.66. The lowest BCUT2D eigenvalue weighted by molar-refractivity contribution is 0.0600. The smallest absolute Gasteiger partial charge is 0.337 e. The van der Waals surface area contributed by atoms with E-state index in [9.17, 15) is 9.59 Å². The summed E-state index contributed by atoms with van der Waals surface area (Å²) in [5, 5.41) is 6.33. The fourth-order valence-corrected chi connectivity index (χ4v) is 2.34. The number of nitrogens with zero attached hydrogens (tertiary/aromatic N) is 2. The maximum absolute atomic E-state index is 12.3. The zero-order chi connectivity index (χ0) is 19.2. The van der Waals surface area contributed by atoms with E-state index in [2.05, 4.69) is 25.3 Å². The van der Waals surface area contributed by atoms with Crippen LogP contribution in [0.1, 0.15) is 20.7 Å². The van der Waals surface area contributed by atoms with Crippen LogP contribution in [0.3, 0.4) is 0 Å². The highest BCUT2D eigenvalue weighted by Crippen LogP contribution is 2.17. The molecule has 0 saturated heterocycles. The largest absolute Gasteiger partial charge is 0.465 e. The summed E-state index contributed by atoms with van der Waals surface area (Å²) in [4.78, 5) is 32.1. The van der Waals surface area contributed by atoms with Gasteiger partial charge < -0.3 is 15.4 Å². The Kier molecular flexibility index (Phi) is 5.63. The van der Waals surface area contributed by atoms with Gasteiger partial charge in [-0.3, -0.25) is 4.79 Å². The predicted molar refractivity (Wildman–Crippen MR) is 103 cm³/mol. The first-order valence-corrected chi connectivity index (χ1v) is 8.27. The van der Waals surface area contributed by atoms with E-state index < -0.39 is 11.9 Å². The van der Waals surface area contributed by atoms with Crippen LogP contribution in [0, 0.1) is 0 Å². The molecule has 0 spiro atoms. The van der Waals surface area contributed by atoms with Gasteiger partial charge in [0.1, 0.15) is 0 Å². The molecule has 7 nitrogen and oxygen atoms in total. The molecule has 8 heteroatoms. The molecule has 2 aromatic carbocycles. The quantitative estimate of drug-likeness (QED) is 0.650. The second-order valence-corrected chi connectivity index (χ2v) is 5.89. The molecule has 0 aliphatic heterocycles. The first kappa shape index (κ1) is 18.3. The van der Waals surface area contributed by atoms with Crippen LogP contribution in [0.25, 0.3) is 0 Å². The lowest BCUT2D eigenvalue weighted by Gasteiger charge is -2.08. The molecule has 0 aliphatic rings. The zero-order valence-electron chi connectivity index (χ0n) is 14.3. The number of rotatable bonds is 5. The maximum atomic E-state index is 12.3. The fourth-order valence-electron chi connectivity index (χ4n) is 2.22. The summed E-state index contributed by atoms with van der Waals surface area (Å²) in [7, 11) is 1.30. The first-order chi connectivity index (χ1) is 13.0. The molecule has 0 aliphatic carbocycles. The van der Waals surface area contributed by atoms with Crippen LogP contribution in [-0.4, -0.2) is 29.0 Å². The van der Waals surface area contributed by atoms with E-state index in [1.807, 2.05) is 0 Å². The van der Waals surface area contributed by atoms with Crippen molar-refractivity contribution in [3.63, 3.8) is 0 Å². The molecule has 2 N–H and O–H groups in total. The molecule has 136 valence electrons. The third kappa shape index (κ3) is 4.80. The van der Waals surface area contributed by atoms with Crippen LogP contribution >= 0.6 is 11.6 Å². The monoisotopic (exact) mass is 382 g/mol. The topological polar surface area (TPSA) is 93.2 Å². The van der Waals surface area contributed by atoms with Crippen LogP contribution < -0.4 is 10.6 Å². The number of nitrogens with one attached hydrogen (secondary N) is 2. The van der Waals surface area contributed by atoms with Crippen molar-refractivity contribution in [3.05, 3.63) is 77.1 Å². The van der Waals surface area contributed by atoms with Gasteiger partial charge in [0.2, 0.25) is 5.95 Å². The molecule has 0 saturated carbocycles. The number of aromatic nitrogens is 2. The lowest BCUT2D eigenvalue weighted by Crippen LogP contribution is -2.13. The summed E-state index contributed by atoms with van der Waals surface area (Å²) in [6, 6.07) is 13.5. The van der Waals surface area contributed by atoms with Crippen molar-refractivity contribution in [2.24, 2.45) is 0 Å². The average molecular weight is 383 g/mol. The highest BCUT2D eigenvalue weighted by Gasteiger charge is 2.10. The first-order valence-electron chi connectivity index (χ1n) is 7.89. The summed E-state index contributed by atoms with van der Waals surface area (Å²) in [5.41, 5.74) is 1.86. The van der Waals surface area contributed by atoms with E-state index in [1.54, 1.807) is 42.5 Å². The second kappa shape index (κ2) is 8.29. The number of esters is 1. The molecule has 1 heterocycles. The van der Waals surface area contributed by atoms with Crippen molar-refractivity contribution in [2.45, 2.75) is 0 Å². The molecular formula is C19H15ClN4O3. The van der Waals surface area contributed by atoms with Gasteiger partial charge in [-0.1, -0.05) is 17.7 Å². The third-order valence-electron chi connectivity index (χ3n) is 3.56. The summed E-state index contributed by atoms with van der Waals surface area (Å²) in [6.45, 7) is 0. The van der Waals surface area contributed by atoms with Gasteiger partial charge in [-0.05, 0) is 42.5 Å². The van der Waals surface area contributed by atoms with Gasteiger partial charge in [-0.2, -0.15) is 0 Å². The van der Waals surface area contributed by atoms with Gasteiger partial charge in [0.25, 0.3) is 5.91 Å². The summed E-state index contributed by atoms with van der Waals surface area (Å²) in [5.74, 6) is -0.524. The molecule has 1 amide bonds. The minimum atomic E-state index is -0.480. The van der Waals surface area contributed by atoms with Crippen molar-refractivity contribution in [3.8, 4) is 0 Å². The van der Waals surface area contributed by atoms with Gasteiger partial charge >= 0.3 is 5.97 Å². The fraction of sp³-hybridized carbons (Fsp3) is 0.0526. The van der Waals surface area contributed by atoms with E-state index in [1.165, 1.54) is 25.6 Å². The molecule has 3 aromatic rings. The van der Waals surface area contributed by atoms with E-state index in [0.717, 1.165) is 5.69 Å². The van der Waals surface area contributed by atoms with Gasteiger partial charge in [0, 0.05) is 28.8 Å². The zero-order valence-corrected chi connectivity index (χ0v) is 15.0. The molecule has 0 atom stereocenters. The maximum Gasteiger partial charge on any atom is 0.337 e. The van der Waals surface area contributed by atoms with Crippen LogP contribution in [0.5, 0.6) is 0 Å². The standard InChI is InChI=1S/C19H15ClN4O3/c1-27-18(26)12-3-2-4-16(9-12)23-17(25)13-10-21-19(22-11-13)24-15-7-5-14(20)6-8-15/h2-11H,1H3,(H,23,25)(H,21,22,24). The van der Waals surface area contributed by atoms with Gasteiger partial charge in [0.05, 0.1) is 18.2 Å². The minimum Gasteiger partial charge on any atom is -0.465 e. The van der Waals surface area contributed by atoms with Crippen LogP contribution in [0.2, 0.25) is 5.02 Å². The summed E-state index contributed by atoms with van der Waals surface area (Å²) in [6.07, 6.45) is 2.81. The number of benzene rings is 2. The van der Waals surface area contributed by atoms with Crippen molar-refractivity contribution in [1.82, 2.24) is 9.97 Å². The second-order valence-electron chi connectivity index (χ2n) is 5.45. The Morgan fingerprint density at radius 3 is 2.33 bits per heavy atom. The number of carbonyl (C=O) groups excluding carboxylic acids is 2. The Labute approximate surface area is 160 Å². The number of amides is 1. The number of hydrogen-bond donors (Lipinski definition) is 2. The molecule has 27 heavy (non-hydrogen) atoms. The minimum absolute atomic E-state index is 0.278. The number of halogens is 1. The number of hydrogen-bond acceptors (Lipinski definition) is 6. The van der Waals surface area contributed by atoms with E-state index in [0.29, 0.717) is 22.2 Å². The van der Waals surface area contributed by atoms with Gasteiger partial charge in [-0.25, -0.2) is 14.8 Å². The number of carbonyl (C=O) groups is 2. The molecular weight excluding hydrogens is 368 g/mol. The van der Waals surface area contributed by atoms with Gasteiger partial charge in [-0.15, -0.1) is 0 Å². The highest BCUT2D eigenvalue weighted by molar-refractivity contribution is 6.30. The summed E-state index contributed by atoms with van der Waals surface area (Å²) >= 11 is 5.84. The molecule has 3 rings (SSSR count). The Bertz CT molecular complexity index is 959. The molecule has 0 fully saturated rings. The number of anilines is 3. The normalized spacial score (nSPS) is 10.1. The Morgan fingerprint density at radius 2 is 1.67 bits per heavy atom. The van der Waals surface area contributed by atoms with Crippen LogP contribution in [0.4, 0.5) is 17.3 Å². The number of methoxy groups -OCH3 is 1. The third-order valence-corrected chi connectivity index (χ3v) is 3.81. The van der Waals surface area contributed by atoms with Crippen molar-refractivity contribution >= 4 is 40.8 Å². The molecule has 0 radical (unpaired) electrons. The molecule has 1 aromatic heterocycles.